The Kier molecular flexibility index (Phi) is 11.9. The Morgan fingerprint density at radius 2 is 1.66 bits per heavy atom. The standard InChI is InChI=1S/C35H41N5O4/c1-24(38-23-32(41)30-13-14-33(36)39-22-30)17-27-6-3-7-28(18-27)20-34(42)40-21-26-9-11-29(12-10-26)35(43)37-16-15-25-5-4-8-31(19-25)44-2/h3-14,18-19,22,24,32,38,41H,15-17,20-21,23H2,1-2H3,(H2,36,39)(H,37,43)(H,40,42)/t24?,32-/m1/s1. The number of amides is 2. The summed E-state index contributed by atoms with van der Waals surface area (Å²) in [5, 5.41) is 19.7. The van der Waals surface area contributed by atoms with E-state index in [2.05, 4.69) is 27.9 Å². The van der Waals surface area contributed by atoms with Crippen LogP contribution in [0.4, 0.5) is 5.82 Å². The summed E-state index contributed by atoms with van der Waals surface area (Å²) in [6.07, 6.45) is 2.64. The number of nitrogens with one attached hydrogen (secondary N) is 3. The normalized spacial score (nSPS) is 12.2. The first-order valence-corrected chi connectivity index (χ1v) is 14.8. The molecule has 4 aromatic rings. The number of aromatic nitrogens is 1. The van der Waals surface area contributed by atoms with E-state index in [0.29, 0.717) is 43.0 Å². The predicted molar refractivity (Wildman–Crippen MR) is 172 cm³/mol. The zero-order valence-corrected chi connectivity index (χ0v) is 25.3. The molecule has 0 aliphatic rings. The summed E-state index contributed by atoms with van der Waals surface area (Å²) in [4.78, 5) is 29.2. The number of aliphatic hydroxyl groups excluding tert-OH is 1. The van der Waals surface area contributed by atoms with Crippen molar-refractivity contribution in [3.05, 3.63) is 125 Å². The second kappa shape index (κ2) is 16.2. The van der Waals surface area contributed by atoms with Crippen molar-refractivity contribution in [2.75, 3.05) is 25.9 Å². The molecule has 44 heavy (non-hydrogen) atoms. The lowest BCUT2D eigenvalue weighted by Gasteiger charge is -2.18. The van der Waals surface area contributed by atoms with Gasteiger partial charge in [0, 0.05) is 43.0 Å². The summed E-state index contributed by atoms with van der Waals surface area (Å²) in [6, 6.07) is 26.6. The van der Waals surface area contributed by atoms with Crippen LogP contribution in [0.2, 0.25) is 0 Å². The third-order valence-corrected chi connectivity index (χ3v) is 7.29. The second-order valence-corrected chi connectivity index (χ2v) is 10.9. The Labute approximate surface area is 258 Å². The largest absolute Gasteiger partial charge is 0.497 e. The number of nitrogen functional groups attached to an aromatic ring is 1. The number of hydrogen-bond donors (Lipinski definition) is 5. The van der Waals surface area contributed by atoms with E-state index < -0.39 is 6.10 Å². The molecule has 4 rings (SSSR count). The third kappa shape index (κ3) is 10.2. The number of nitrogens with two attached hydrogens (primary N) is 1. The fourth-order valence-corrected chi connectivity index (χ4v) is 4.81. The van der Waals surface area contributed by atoms with Crippen LogP contribution in [0.25, 0.3) is 0 Å². The molecule has 0 aliphatic heterocycles. The number of aliphatic hydroxyl groups is 1. The average molecular weight is 596 g/mol. The van der Waals surface area contributed by atoms with E-state index >= 15 is 0 Å². The van der Waals surface area contributed by atoms with Gasteiger partial charge >= 0.3 is 0 Å². The molecule has 1 heterocycles. The number of ether oxygens (including phenoxy) is 1. The summed E-state index contributed by atoms with van der Waals surface area (Å²) in [7, 11) is 1.63. The van der Waals surface area contributed by atoms with Crippen LogP contribution in [0, 0.1) is 0 Å². The maximum atomic E-state index is 12.7. The number of carbonyl (C=O) groups is 2. The molecule has 0 spiro atoms. The van der Waals surface area contributed by atoms with Gasteiger partial charge in [-0.3, -0.25) is 9.59 Å². The van der Waals surface area contributed by atoms with Gasteiger partial charge in [-0.05, 0) is 72.4 Å². The first-order valence-electron chi connectivity index (χ1n) is 14.8. The van der Waals surface area contributed by atoms with Crippen molar-refractivity contribution in [1.82, 2.24) is 20.9 Å². The third-order valence-electron chi connectivity index (χ3n) is 7.29. The van der Waals surface area contributed by atoms with E-state index in [1.54, 1.807) is 37.6 Å². The van der Waals surface area contributed by atoms with Crippen molar-refractivity contribution in [2.45, 2.75) is 44.9 Å². The number of rotatable bonds is 15. The first kappa shape index (κ1) is 32.2. The molecular weight excluding hydrogens is 554 g/mol. The van der Waals surface area contributed by atoms with Gasteiger partial charge < -0.3 is 31.5 Å². The van der Waals surface area contributed by atoms with Gasteiger partial charge in [0.2, 0.25) is 5.91 Å². The topological polar surface area (TPSA) is 139 Å². The number of benzene rings is 3. The van der Waals surface area contributed by atoms with E-state index in [1.165, 1.54) is 0 Å². The molecule has 1 unspecified atom stereocenters. The molecule has 230 valence electrons. The lowest BCUT2D eigenvalue weighted by atomic mass is 10.0. The Morgan fingerprint density at radius 1 is 0.909 bits per heavy atom. The molecule has 0 bridgehead atoms. The molecule has 9 heteroatoms. The number of anilines is 1. The van der Waals surface area contributed by atoms with E-state index in [4.69, 9.17) is 10.5 Å². The van der Waals surface area contributed by atoms with Crippen LogP contribution in [0.15, 0.2) is 91.1 Å². The number of hydrogen-bond acceptors (Lipinski definition) is 7. The quantitative estimate of drug-likeness (QED) is 0.141. The van der Waals surface area contributed by atoms with Crippen molar-refractivity contribution >= 4 is 17.6 Å². The van der Waals surface area contributed by atoms with Gasteiger partial charge in [0.25, 0.3) is 5.91 Å². The Hall–Kier alpha value is -4.73. The molecular formula is C35H41N5O4. The maximum Gasteiger partial charge on any atom is 0.251 e. The molecule has 6 N–H and O–H groups in total. The number of nitrogens with zero attached hydrogens (tertiary/aromatic N) is 1. The summed E-state index contributed by atoms with van der Waals surface area (Å²) in [6.45, 7) is 3.35. The van der Waals surface area contributed by atoms with E-state index in [-0.39, 0.29) is 24.3 Å². The zero-order chi connectivity index (χ0) is 31.3. The van der Waals surface area contributed by atoms with Gasteiger partial charge in [0.05, 0.1) is 19.6 Å². The second-order valence-electron chi connectivity index (χ2n) is 10.9. The van der Waals surface area contributed by atoms with Gasteiger partial charge in [0.1, 0.15) is 11.6 Å². The highest BCUT2D eigenvalue weighted by atomic mass is 16.5. The minimum Gasteiger partial charge on any atom is -0.497 e. The van der Waals surface area contributed by atoms with Crippen LogP contribution < -0.4 is 26.4 Å². The maximum absolute atomic E-state index is 12.7. The summed E-state index contributed by atoms with van der Waals surface area (Å²) >= 11 is 0. The zero-order valence-electron chi connectivity index (χ0n) is 25.3. The summed E-state index contributed by atoms with van der Waals surface area (Å²) < 4.78 is 5.24. The van der Waals surface area contributed by atoms with Gasteiger partial charge in [-0.25, -0.2) is 4.98 Å². The SMILES string of the molecule is COc1cccc(CCNC(=O)c2ccc(CNC(=O)Cc3cccc(CC(C)NC[C@@H](O)c4ccc(N)nc4)c3)cc2)c1. The van der Waals surface area contributed by atoms with Gasteiger partial charge in [0.15, 0.2) is 0 Å². The summed E-state index contributed by atoms with van der Waals surface area (Å²) in [5.74, 6) is 1.01. The Bertz CT molecular complexity index is 1510. The van der Waals surface area contributed by atoms with Crippen LogP contribution in [-0.4, -0.2) is 48.1 Å². The van der Waals surface area contributed by atoms with Crippen molar-refractivity contribution in [3.63, 3.8) is 0 Å². The molecule has 9 nitrogen and oxygen atoms in total. The average Bonchev–Trinajstić information content (AvgIpc) is 3.03. The van der Waals surface area contributed by atoms with Crippen LogP contribution in [0.3, 0.4) is 0 Å². The van der Waals surface area contributed by atoms with Crippen LogP contribution >= 0.6 is 0 Å². The highest BCUT2D eigenvalue weighted by Crippen LogP contribution is 2.14. The lowest BCUT2D eigenvalue weighted by molar-refractivity contribution is -0.120. The number of carbonyl (C=O) groups excluding carboxylic acids is 2. The van der Waals surface area contributed by atoms with Crippen LogP contribution in [0.1, 0.15) is 51.2 Å². The first-order chi connectivity index (χ1) is 21.3. The van der Waals surface area contributed by atoms with Crippen molar-refractivity contribution in [1.29, 1.82) is 0 Å². The van der Waals surface area contributed by atoms with Crippen molar-refractivity contribution in [3.8, 4) is 5.75 Å². The van der Waals surface area contributed by atoms with E-state index in [1.807, 2.05) is 60.7 Å². The fourth-order valence-electron chi connectivity index (χ4n) is 4.81. The number of pyridine rings is 1. The molecule has 2 atom stereocenters. The molecule has 1 aromatic heterocycles. The highest BCUT2D eigenvalue weighted by molar-refractivity contribution is 5.94. The molecule has 3 aromatic carbocycles. The predicted octanol–water partition coefficient (Wildman–Crippen LogP) is 3.76. The Morgan fingerprint density at radius 3 is 2.41 bits per heavy atom. The minimum absolute atomic E-state index is 0.0760. The molecule has 2 amide bonds. The fraction of sp³-hybridized carbons (Fsp3) is 0.286. The lowest BCUT2D eigenvalue weighted by Crippen LogP contribution is -2.32. The van der Waals surface area contributed by atoms with Gasteiger partial charge in [-0.15, -0.1) is 0 Å². The molecule has 0 aliphatic carbocycles. The van der Waals surface area contributed by atoms with E-state index in [0.717, 1.165) is 34.4 Å². The van der Waals surface area contributed by atoms with Gasteiger partial charge in [-0.1, -0.05) is 54.6 Å². The van der Waals surface area contributed by atoms with Gasteiger partial charge in [-0.2, -0.15) is 0 Å². The molecule has 0 fully saturated rings. The number of methoxy groups -OCH3 is 1. The van der Waals surface area contributed by atoms with Crippen LogP contribution in [0.5, 0.6) is 5.75 Å². The smallest absolute Gasteiger partial charge is 0.251 e. The molecule has 0 saturated heterocycles. The minimum atomic E-state index is -0.677. The van der Waals surface area contributed by atoms with Crippen molar-refractivity contribution in [2.24, 2.45) is 0 Å². The monoisotopic (exact) mass is 595 g/mol. The molecule has 0 radical (unpaired) electrons. The van der Waals surface area contributed by atoms with Crippen molar-refractivity contribution < 1.29 is 19.4 Å². The van der Waals surface area contributed by atoms with E-state index in [9.17, 15) is 14.7 Å². The summed E-state index contributed by atoms with van der Waals surface area (Å²) in [5.41, 5.74) is 10.9. The van der Waals surface area contributed by atoms with Crippen LogP contribution in [-0.2, 0) is 30.6 Å². The molecule has 0 saturated carbocycles. The Balaban J connectivity index is 1.17. The highest BCUT2D eigenvalue weighted by Gasteiger charge is 2.12.